The minimum Gasteiger partial charge on any atom is -0.383 e. The summed E-state index contributed by atoms with van der Waals surface area (Å²) in [7, 11) is 0. The third-order valence-electron chi connectivity index (χ3n) is 4.52. The molecule has 132 valence electrons. The molecular formula is C18H22N4O2S. The highest BCUT2D eigenvalue weighted by molar-refractivity contribution is 7.10. The Kier molecular flexibility index (Phi) is 5.03. The molecular weight excluding hydrogens is 336 g/mol. The van der Waals surface area contributed by atoms with Crippen molar-refractivity contribution in [3.05, 3.63) is 40.2 Å². The lowest BCUT2D eigenvalue weighted by molar-refractivity contribution is -0.146. The van der Waals surface area contributed by atoms with E-state index in [1.165, 1.54) is 6.20 Å². The SMILES string of the molecule is Cc1cc(NC(=O)C(=O)N2C[C@@H](C)CC[C@@H]2c2cccs2)cnc1N. The largest absolute Gasteiger partial charge is 0.383 e. The average molecular weight is 358 g/mol. The number of rotatable bonds is 2. The molecule has 2 atom stereocenters. The molecule has 0 saturated carbocycles. The zero-order valence-electron chi connectivity index (χ0n) is 14.4. The number of pyridine rings is 1. The first kappa shape index (κ1) is 17.4. The summed E-state index contributed by atoms with van der Waals surface area (Å²) in [6.07, 6.45) is 3.39. The van der Waals surface area contributed by atoms with Crippen LogP contribution in [0.25, 0.3) is 0 Å². The fourth-order valence-corrected chi connectivity index (χ4v) is 4.00. The normalized spacial score (nSPS) is 20.3. The Morgan fingerprint density at radius 3 is 2.88 bits per heavy atom. The quantitative estimate of drug-likeness (QED) is 0.808. The van der Waals surface area contributed by atoms with Gasteiger partial charge in [-0.3, -0.25) is 9.59 Å². The summed E-state index contributed by atoms with van der Waals surface area (Å²) in [5.74, 6) is -0.346. The predicted octanol–water partition coefficient (Wildman–Crippen LogP) is 2.97. The van der Waals surface area contributed by atoms with Crippen molar-refractivity contribution in [1.82, 2.24) is 9.88 Å². The molecule has 0 aromatic carbocycles. The van der Waals surface area contributed by atoms with Gasteiger partial charge in [0, 0.05) is 11.4 Å². The van der Waals surface area contributed by atoms with E-state index in [-0.39, 0.29) is 6.04 Å². The fraction of sp³-hybridized carbons (Fsp3) is 0.389. The third-order valence-corrected chi connectivity index (χ3v) is 5.49. The number of anilines is 2. The predicted molar refractivity (Wildman–Crippen MR) is 99.2 cm³/mol. The number of piperidine rings is 1. The number of nitrogen functional groups attached to an aromatic ring is 1. The maximum Gasteiger partial charge on any atom is 0.313 e. The second-order valence-corrected chi connectivity index (χ2v) is 7.53. The number of thiophene rings is 1. The number of aromatic nitrogens is 1. The smallest absolute Gasteiger partial charge is 0.313 e. The topological polar surface area (TPSA) is 88.3 Å². The Bertz CT molecular complexity index is 775. The van der Waals surface area contributed by atoms with Crippen LogP contribution in [0.3, 0.4) is 0 Å². The maximum absolute atomic E-state index is 12.8. The first-order valence-corrected chi connectivity index (χ1v) is 9.21. The summed E-state index contributed by atoms with van der Waals surface area (Å²) in [5.41, 5.74) is 6.92. The summed E-state index contributed by atoms with van der Waals surface area (Å²) in [6.45, 7) is 4.50. The minimum absolute atomic E-state index is 0.0271. The Morgan fingerprint density at radius 1 is 1.40 bits per heavy atom. The molecule has 2 aromatic rings. The third kappa shape index (κ3) is 3.82. The van der Waals surface area contributed by atoms with E-state index < -0.39 is 11.8 Å². The van der Waals surface area contributed by atoms with Gasteiger partial charge in [-0.05, 0) is 48.8 Å². The molecule has 0 radical (unpaired) electrons. The van der Waals surface area contributed by atoms with Gasteiger partial charge in [0.1, 0.15) is 5.82 Å². The van der Waals surface area contributed by atoms with Crippen LogP contribution in [0.4, 0.5) is 11.5 Å². The molecule has 0 unspecified atom stereocenters. The number of amides is 2. The molecule has 3 heterocycles. The number of carbonyl (C=O) groups excluding carboxylic acids is 2. The van der Waals surface area contributed by atoms with Crippen LogP contribution in [-0.4, -0.2) is 28.2 Å². The standard InChI is InChI=1S/C18H22N4O2S/c1-11-5-6-14(15-4-3-7-25-15)22(10-11)18(24)17(23)21-13-8-12(2)16(19)20-9-13/h3-4,7-9,11,14H,5-6,10H2,1-2H3,(H2,19,20)(H,21,23)/t11-,14+/m0/s1. The van der Waals surface area contributed by atoms with Gasteiger partial charge in [-0.15, -0.1) is 11.3 Å². The Hall–Kier alpha value is -2.41. The van der Waals surface area contributed by atoms with Crippen LogP contribution < -0.4 is 11.1 Å². The number of nitrogens with two attached hydrogens (primary N) is 1. The highest BCUT2D eigenvalue weighted by atomic mass is 32.1. The number of carbonyl (C=O) groups is 2. The first-order chi connectivity index (χ1) is 12.0. The Balaban J connectivity index is 1.76. The van der Waals surface area contributed by atoms with Crippen molar-refractivity contribution in [3.8, 4) is 0 Å². The molecule has 0 aliphatic carbocycles. The monoisotopic (exact) mass is 358 g/mol. The van der Waals surface area contributed by atoms with Gasteiger partial charge in [0.05, 0.1) is 17.9 Å². The molecule has 0 spiro atoms. The van der Waals surface area contributed by atoms with E-state index in [0.717, 1.165) is 23.3 Å². The lowest BCUT2D eigenvalue weighted by Gasteiger charge is -2.37. The fourth-order valence-electron chi connectivity index (χ4n) is 3.12. The minimum atomic E-state index is -0.637. The summed E-state index contributed by atoms with van der Waals surface area (Å²) >= 11 is 1.62. The zero-order valence-corrected chi connectivity index (χ0v) is 15.2. The van der Waals surface area contributed by atoms with Crippen LogP contribution in [0.2, 0.25) is 0 Å². The van der Waals surface area contributed by atoms with E-state index in [0.29, 0.717) is 24.0 Å². The van der Waals surface area contributed by atoms with Crippen molar-refractivity contribution in [3.63, 3.8) is 0 Å². The molecule has 1 aliphatic heterocycles. The molecule has 1 saturated heterocycles. The van der Waals surface area contributed by atoms with Gasteiger partial charge in [0.2, 0.25) is 0 Å². The molecule has 2 amide bonds. The second-order valence-electron chi connectivity index (χ2n) is 6.55. The van der Waals surface area contributed by atoms with Gasteiger partial charge in [-0.25, -0.2) is 4.98 Å². The van der Waals surface area contributed by atoms with Crippen LogP contribution in [0.5, 0.6) is 0 Å². The summed E-state index contributed by atoms with van der Waals surface area (Å²) in [5, 5.41) is 4.64. The van der Waals surface area contributed by atoms with Crippen LogP contribution in [0.1, 0.15) is 36.2 Å². The van der Waals surface area contributed by atoms with Gasteiger partial charge in [0.15, 0.2) is 0 Å². The van der Waals surface area contributed by atoms with Gasteiger partial charge in [0.25, 0.3) is 0 Å². The lowest BCUT2D eigenvalue weighted by Crippen LogP contribution is -2.46. The highest BCUT2D eigenvalue weighted by Crippen LogP contribution is 2.35. The van der Waals surface area contributed by atoms with Gasteiger partial charge in [-0.2, -0.15) is 0 Å². The lowest BCUT2D eigenvalue weighted by atomic mass is 9.93. The van der Waals surface area contributed by atoms with Gasteiger partial charge < -0.3 is 16.0 Å². The van der Waals surface area contributed by atoms with Crippen molar-refractivity contribution in [2.75, 3.05) is 17.6 Å². The van der Waals surface area contributed by atoms with E-state index in [1.54, 1.807) is 29.2 Å². The molecule has 1 fully saturated rings. The highest BCUT2D eigenvalue weighted by Gasteiger charge is 2.34. The Morgan fingerprint density at radius 2 is 2.20 bits per heavy atom. The van der Waals surface area contributed by atoms with E-state index in [9.17, 15) is 9.59 Å². The van der Waals surface area contributed by atoms with E-state index >= 15 is 0 Å². The van der Waals surface area contributed by atoms with Crippen LogP contribution in [0, 0.1) is 12.8 Å². The molecule has 3 rings (SSSR count). The first-order valence-electron chi connectivity index (χ1n) is 8.33. The van der Waals surface area contributed by atoms with Gasteiger partial charge >= 0.3 is 11.8 Å². The maximum atomic E-state index is 12.8. The zero-order chi connectivity index (χ0) is 18.0. The van der Waals surface area contributed by atoms with Crippen molar-refractivity contribution >= 4 is 34.7 Å². The van der Waals surface area contributed by atoms with E-state index in [1.807, 2.05) is 17.5 Å². The molecule has 7 heteroatoms. The Labute approximate surface area is 151 Å². The van der Waals surface area contributed by atoms with E-state index in [4.69, 9.17) is 5.73 Å². The van der Waals surface area contributed by atoms with Crippen molar-refractivity contribution in [2.24, 2.45) is 5.92 Å². The number of aryl methyl sites for hydroxylation is 1. The summed E-state index contributed by atoms with van der Waals surface area (Å²) < 4.78 is 0. The van der Waals surface area contributed by atoms with Crippen LogP contribution in [0.15, 0.2) is 29.8 Å². The van der Waals surface area contributed by atoms with Crippen LogP contribution >= 0.6 is 11.3 Å². The molecule has 6 nitrogen and oxygen atoms in total. The number of nitrogens with one attached hydrogen (secondary N) is 1. The number of nitrogens with zero attached hydrogens (tertiary/aromatic N) is 2. The number of likely N-dealkylation sites (tertiary alicyclic amines) is 1. The van der Waals surface area contributed by atoms with E-state index in [2.05, 4.69) is 17.2 Å². The molecule has 0 bridgehead atoms. The van der Waals surface area contributed by atoms with Gasteiger partial charge in [-0.1, -0.05) is 13.0 Å². The molecule has 25 heavy (non-hydrogen) atoms. The number of hydrogen-bond acceptors (Lipinski definition) is 5. The molecule has 1 aliphatic rings. The van der Waals surface area contributed by atoms with Crippen molar-refractivity contribution in [1.29, 1.82) is 0 Å². The summed E-state index contributed by atoms with van der Waals surface area (Å²) in [4.78, 5) is 32.1. The molecule has 2 aromatic heterocycles. The summed E-state index contributed by atoms with van der Waals surface area (Å²) in [6, 6.07) is 5.68. The average Bonchev–Trinajstić information content (AvgIpc) is 3.11. The number of hydrogen-bond donors (Lipinski definition) is 2. The van der Waals surface area contributed by atoms with Crippen LogP contribution in [-0.2, 0) is 9.59 Å². The molecule has 3 N–H and O–H groups in total. The van der Waals surface area contributed by atoms with Crippen molar-refractivity contribution in [2.45, 2.75) is 32.7 Å². The van der Waals surface area contributed by atoms with Crippen molar-refractivity contribution < 1.29 is 9.59 Å². The second kappa shape index (κ2) is 7.23.